The van der Waals surface area contributed by atoms with Gasteiger partial charge in [-0.25, -0.2) is 0 Å². The molecule has 2 aromatic carbocycles. The van der Waals surface area contributed by atoms with Crippen molar-refractivity contribution in [3.05, 3.63) is 64.5 Å². The van der Waals surface area contributed by atoms with Gasteiger partial charge in [-0.05, 0) is 69.5 Å². The van der Waals surface area contributed by atoms with E-state index in [-0.39, 0.29) is 0 Å². The summed E-state index contributed by atoms with van der Waals surface area (Å²) in [7, 11) is 0. The summed E-state index contributed by atoms with van der Waals surface area (Å²) in [6.45, 7) is 11.8. The summed E-state index contributed by atoms with van der Waals surface area (Å²) in [5.74, 6) is 1.71. The Bertz CT molecular complexity index is 1120. The minimum atomic E-state index is 0.316. The van der Waals surface area contributed by atoms with Crippen LogP contribution >= 0.6 is 11.8 Å². The zero-order valence-electron chi connectivity index (χ0n) is 18.6. The van der Waals surface area contributed by atoms with Crippen molar-refractivity contribution in [2.24, 2.45) is 0 Å². The fourth-order valence-electron chi connectivity index (χ4n) is 4.56. The van der Waals surface area contributed by atoms with Crippen LogP contribution in [-0.4, -0.2) is 23.1 Å². The zero-order valence-corrected chi connectivity index (χ0v) is 19.5. The van der Waals surface area contributed by atoms with Crippen LogP contribution in [0.2, 0.25) is 0 Å². The second kappa shape index (κ2) is 8.15. The van der Waals surface area contributed by atoms with E-state index in [4.69, 9.17) is 14.6 Å². The van der Waals surface area contributed by atoms with Crippen LogP contribution in [0.25, 0.3) is 0 Å². The van der Waals surface area contributed by atoms with Crippen LogP contribution in [0.5, 0.6) is 11.5 Å². The molecule has 0 aliphatic carbocycles. The van der Waals surface area contributed by atoms with Crippen LogP contribution < -0.4 is 14.4 Å². The van der Waals surface area contributed by atoms with Gasteiger partial charge in [0.25, 0.3) is 0 Å². The highest BCUT2D eigenvalue weighted by Gasteiger charge is 2.26. The number of rotatable bonds is 4. The van der Waals surface area contributed by atoms with Gasteiger partial charge in [-0.15, -0.1) is 11.8 Å². The Kier molecular flexibility index (Phi) is 5.34. The SMILES string of the molecule is CCn1nc(C)c(CN2CCC(c3ccc4c(c3)OCO4)Sc3cc(C)ccc32)c1C. The number of aryl methyl sites for hydroxylation is 3. The first-order valence-electron chi connectivity index (χ1n) is 11.0. The number of thioether (sulfide) groups is 1. The van der Waals surface area contributed by atoms with Crippen LogP contribution in [0.1, 0.15) is 46.7 Å². The van der Waals surface area contributed by atoms with E-state index in [0.29, 0.717) is 12.0 Å². The van der Waals surface area contributed by atoms with Crippen LogP contribution in [-0.2, 0) is 13.1 Å². The van der Waals surface area contributed by atoms with Gasteiger partial charge in [-0.3, -0.25) is 4.68 Å². The van der Waals surface area contributed by atoms with Crippen molar-refractivity contribution < 1.29 is 9.47 Å². The summed E-state index contributed by atoms with van der Waals surface area (Å²) in [5.41, 5.74) is 7.68. The molecule has 3 heterocycles. The normalized spacial score (nSPS) is 17.5. The molecule has 0 bridgehead atoms. The highest BCUT2D eigenvalue weighted by molar-refractivity contribution is 7.99. The number of hydrogen-bond donors (Lipinski definition) is 0. The van der Waals surface area contributed by atoms with Crippen molar-refractivity contribution in [3.8, 4) is 11.5 Å². The van der Waals surface area contributed by atoms with Crippen molar-refractivity contribution in [1.82, 2.24) is 9.78 Å². The molecule has 0 amide bonds. The minimum absolute atomic E-state index is 0.316. The Morgan fingerprint density at radius 1 is 1.06 bits per heavy atom. The molecule has 6 heteroatoms. The summed E-state index contributed by atoms with van der Waals surface area (Å²) in [5, 5.41) is 5.12. The highest BCUT2D eigenvalue weighted by Crippen LogP contribution is 2.47. The molecule has 3 aromatic rings. The fraction of sp³-hybridized carbons (Fsp3) is 0.400. The molecule has 1 unspecified atom stereocenters. The van der Waals surface area contributed by atoms with E-state index in [2.05, 4.69) is 67.6 Å². The molecule has 31 heavy (non-hydrogen) atoms. The molecule has 0 spiro atoms. The maximum absolute atomic E-state index is 5.64. The summed E-state index contributed by atoms with van der Waals surface area (Å²) in [4.78, 5) is 3.88. The van der Waals surface area contributed by atoms with E-state index in [0.717, 1.165) is 43.2 Å². The number of benzene rings is 2. The fourth-order valence-corrected chi connectivity index (χ4v) is 5.94. The molecule has 0 saturated heterocycles. The predicted octanol–water partition coefficient (Wildman–Crippen LogP) is 5.80. The largest absolute Gasteiger partial charge is 0.454 e. The van der Waals surface area contributed by atoms with Crippen LogP contribution in [0.15, 0.2) is 41.3 Å². The monoisotopic (exact) mass is 435 g/mol. The molecule has 0 radical (unpaired) electrons. The quantitative estimate of drug-likeness (QED) is 0.518. The van der Waals surface area contributed by atoms with Crippen molar-refractivity contribution in [3.63, 3.8) is 0 Å². The lowest BCUT2D eigenvalue weighted by Crippen LogP contribution is -2.24. The molecule has 0 fully saturated rings. The third-order valence-electron chi connectivity index (χ3n) is 6.33. The Morgan fingerprint density at radius 3 is 2.71 bits per heavy atom. The average molecular weight is 436 g/mol. The first-order valence-corrected chi connectivity index (χ1v) is 11.9. The van der Waals surface area contributed by atoms with Crippen LogP contribution in [0.4, 0.5) is 5.69 Å². The van der Waals surface area contributed by atoms with Gasteiger partial charge in [0.05, 0.1) is 11.4 Å². The van der Waals surface area contributed by atoms with Gasteiger partial charge in [0.1, 0.15) is 0 Å². The number of anilines is 1. The molecule has 5 rings (SSSR count). The van der Waals surface area contributed by atoms with Crippen LogP contribution in [0, 0.1) is 20.8 Å². The van der Waals surface area contributed by atoms with E-state index in [1.165, 1.54) is 33.0 Å². The van der Waals surface area contributed by atoms with Crippen molar-refractivity contribution in [2.75, 3.05) is 18.2 Å². The van der Waals surface area contributed by atoms with E-state index in [1.54, 1.807) is 0 Å². The van der Waals surface area contributed by atoms with E-state index in [1.807, 2.05) is 17.8 Å². The molecule has 1 atom stereocenters. The summed E-state index contributed by atoms with van der Waals surface area (Å²) in [6, 6.07) is 13.2. The molecule has 0 N–H and O–H groups in total. The smallest absolute Gasteiger partial charge is 0.231 e. The van der Waals surface area contributed by atoms with Gasteiger partial charge in [-0.1, -0.05) is 12.1 Å². The Balaban J connectivity index is 1.48. The number of hydrogen-bond acceptors (Lipinski definition) is 5. The number of aromatic nitrogens is 2. The highest BCUT2D eigenvalue weighted by atomic mass is 32.2. The average Bonchev–Trinajstić information content (AvgIpc) is 3.28. The lowest BCUT2D eigenvalue weighted by molar-refractivity contribution is 0.174. The van der Waals surface area contributed by atoms with Gasteiger partial charge in [-0.2, -0.15) is 5.10 Å². The topological polar surface area (TPSA) is 39.5 Å². The first-order chi connectivity index (χ1) is 15.0. The Hall–Kier alpha value is -2.60. The van der Waals surface area contributed by atoms with Crippen LogP contribution in [0.3, 0.4) is 0 Å². The molecule has 0 saturated carbocycles. The third-order valence-corrected chi connectivity index (χ3v) is 7.71. The predicted molar refractivity (Wildman–Crippen MR) is 125 cm³/mol. The lowest BCUT2D eigenvalue weighted by atomic mass is 10.1. The number of nitrogens with zero attached hydrogens (tertiary/aromatic N) is 3. The van der Waals surface area contributed by atoms with Gasteiger partial charge in [0.15, 0.2) is 11.5 Å². The molecule has 2 aliphatic rings. The minimum Gasteiger partial charge on any atom is -0.454 e. The van der Waals surface area contributed by atoms with Crippen molar-refractivity contribution in [1.29, 1.82) is 0 Å². The Morgan fingerprint density at radius 2 is 1.90 bits per heavy atom. The molecule has 2 aliphatic heterocycles. The van der Waals surface area contributed by atoms with Gasteiger partial charge < -0.3 is 14.4 Å². The molecule has 162 valence electrons. The molecular formula is C25H29N3O2S. The number of ether oxygens (including phenoxy) is 2. The maximum Gasteiger partial charge on any atom is 0.231 e. The second-order valence-corrected chi connectivity index (χ2v) is 9.61. The summed E-state index contributed by atoms with van der Waals surface area (Å²) < 4.78 is 13.3. The Labute approximate surface area is 188 Å². The molecular weight excluding hydrogens is 406 g/mol. The second-order valence-electron chi connectivity index (χ2n) is 8.37. The van der Waals surface area contributed by atoms with Gasteiger partial charge in [0, 0.05) is 41.0 Å². The lowest BCUT2D eigenvalue weighted by Gasteiger charge is -2.25. The van der Waals surface area contributed by atoms with E-state index >= 15 is 0 Å². The van der Waals surface area contributed by atoms with E-state index in [9.17, 15) is 0 Å². The molecule has 1 aromatic heterocycles. The van der Waals surface area contributed by atoms with Crippen molar-refractivity contribution in [2.45, 2.75) is 57.4 Å². The van der Waals surface area contributed by atoms with E-state index < -0.39 is 0 Å². The first kappa shape index (κ1) is 20.3. The van der Waals surface area contributed by atoms with Crippen molar-refractivity contribution >= 4 is 17.4 Å². The summed E-state index contributed by atoms with van der Waals surface area (Å²) >= 11 is 1.96. The van der Waals surface area contributed by atoms with Gasteiger partial charge in [0.2, 0.25) is 6.79 Å². The molecule has 5 nitrogen and oxygen atoms in total. The zero-order chi connectivity index (χ0) is 21.5. The number of fused-ring (bicyclic) bond motifs is 2. The van der Waals surface area contributed by atoms with Gasteiger partial charge >= 0.3 is 0 Å². The third kappa shape index (κ3) is 3.78. The standard InChI is InChI=1S/C25H29N3O2S/c1-5-28-18(4)20(17(3)26-28)14-27-11-10-24(31-25-12-16(2)6-8-21(25)27)19-7-9-22-23(13-19)30-15-29-22/h6-9,12-13,24H,5,10-11,14-15H2,1-4H3. The summed E-state index contributed by atoms with van der Waals surface area (Å²) in [6.07, 6.45) is 1.07. The maximum atomic E-state index is 5.64.